The van der Waals surface area contributed by atoms with Gasteiger partial charge in [0.15, 0.2) is 0 Å². The van der Waals surface area contributed by atoms with Crippen molar-refractivity contribution in [1.82, 2.24) is 10.2 Å². The van der Waals surface area contributed by atoms with Crippen LogP contribution in [0.2, 0.25) is 0 Å². The Morgan fingerprint density at radius 3 is 3.00 bits per heavy atom. The van der Waals surface area contributed by atoms with E-state index in [1.807, 2.05) is 0 Å². The smallest absolute Gasteiger partial charge is 0.203 e. The van der Waals surface area contributed by atoms with E-state index in [1.54, 1.807) is 0 Å². The Morgan fingerprint density at radius 1 is 1.54 bits per heavy atom. The minimum absolute atomic E-state index is 0.489. The first-order valence-electron chi connectivity index (χ1n) is 4.44. The number of hydrogen-bond acceptors (Lipinski definition) is 5. The van der Waals surface area contributed by atoms with Crippen LogP contribution < -0.4 is 5.73 Å². The van der Waals surface area contributed by atoms with E-state index in [1.165, 1.54) is 11.3 Å². The molecule has 4 nitrogen and oxygen atoms in total. The Kier molecular flexibility index (Phi) is 2.46. The minimum Gasteiger partial charge on any atom is -0.381 e. The number of aromatic nitrogens is 2. The Labute approximate surface area is 81.1 Å². The average Bonchev–Trinajstić information content (AvgIpc) is 2.53. The largest absolute Gasteiger partial charge is 0.381 e. The lowest BCUT2D eigenvalue weighted by Gasteiger charge is -2.26. The summed E-state index contributed by atoms with van der Waals surface area (Å²) in [5, 5.41) is 9.54. The van der Waals surface area contributed by atoms with Crippen molar-refractivity contribution in [3.63, 3.8) is 0 Å². The van der Waals surface area contributed by atoms with Crippen LogP contribution in [0.25, 0.3) is 0 Å². The summed E-state index contributed by atoms with van der Waals surface area (Å²) in [6.07, 6.45) is 1.04. The summed E-state index contributed by atoms with van der Waals surface area (Å²) in [6.45, 7) is 3.83. The molecule has 0 bridgehead atoms. The highest BCUT2D eigenvalue weighted by Crippen LogP contribution is 2.33. The summed E-state index contributed by atoms with van der Waals surface area (Å²) in [7, 11) is 0. The molecular weight excluding hydrogens is 186 g/mol. The quantitative estimate of drug-likeness (QED) is 0.739. The Balaban J connectivity index is 2.14. The zero-order valence-corrected chi connectivity index (χ0v) is 8.38. The van der Waals surface area contributed by atoms with Crippen LogP contribution in [0, 0.1) is 5.92 Å². The van der Waals surface area contributed by atoms with Crippen LogP contribution in [0.4, 0.5) is 5.13 Å². The predicted molar refractivity (Wildman–Crippen MR) is 51.7 cm³/mol. The summed E-state index contributed by atoms with van der Waals surface area (Å²) < 4.78 is 5.37. The summed E-state index contributed by atoms with van der Waals surface area (Å²) in [4.78, 5) is 0. The predicted octanol–water partition coefficient (Wildman–Crippen LogP) is 1.26. The molecular formula is C8H13N3OS. The second-order valence-corrected chi connectivity index (χ2v) is 4.47. The molecule has 1 aromatic rings. The molecule has 0 aliphatic carbocycles. The fraction of sp³-hybridized carbons (Fsp3) is 0.750. The van der Waals surface area contributed by atoms with Crippen LogP contribution in [-0.4, -0.2) is 23.4 Å². The van der Waals surface area contributed by atoms with Gasteiger partial charge in [0.2, 0.25) is 5.13 Å². The number of anilines is 1. The standard InChI is InChI=1S/C8H13N3OS/c1-5-4-12-3-2-6(5)7-10-11-8(9)13-7/h5-6H,2-4H2,1H3,(H2,9,11). The molecule has 2 rings (SSSR count). The normalized spacial score (nSPS) is 29.0. The Bertz CT molecular complexity index is 289. The molecule has 13 heavy (non-hydrogen) atoms. The fourth-order valence-corrected chi connectivity index (χ4v) is 2.52. The topological polar surface area (TPSA) is 61.0 Å². The lowest BCUT2D eigenvalue weighted by atomic mass is 9.91. The van der Waals surface area contributed by atoms with Crippen molar-refractivity contribution in [2.24, 2.45) is 5.92 Å². The minimum atomic E-state index is 0.489. The van der Waals surface area contributed by atoms with E-state index in [2.05, 4.69) is 17.1 Å². The van der Waals surface area contributed by atoms with E-state index in [-0.39, 0.29) is 0 Å². The molecule has 0 saturated carbocycles. The first kappa shape index (κ1) is 8.90. The van der Waals surface area contributed by atoms with Gasteiger partial charge in [-0.05, 0) is 12.3 Å². The zero-order chi connectivity index (χ0) is 9.26. The molecule has 0 radical (unpaired) electrons. The molecule has 5 heteroatoms. The van der Waals surface area contributed by atoms with Gasteiger partial charge in [0.1, 0.15) is 5.01 Å². The number of rotatable bonds is 1. The number of ether oxygens (including phenoxy) is 1. The molecule has 0 spiro atoms. The van der Waals surface area contributed by atoms with Crippen LogP contribution in [0.5, 0.6) is 0 Å². The molecule has 1 aliphatic heterocycles. The SMILES string of the molecule is CC1COCCC1c1nnc(N)s1. The molecule has 2 N–H and O–H groups in total. The highest BCUT2D eigenvalue weighted by molar-refractivity contribution is 7.15. The van der Waals surface area contributed by atoms with Gasteiger partial charge in [0, 0.05) is 19.1 Å². The molecule has 2 atom stereocenters. The second-order valence-electron chi connectivity index (χ2n) is 3.43. The lowest BCUT2D eigenvalue weighted by molar-refractivity contribution is 0.0471. The Hall–Kier alpha value is -0.680. The second kappa shape index (κ2) is 3.59. The summed E-state index contributed by atoms with van der Waals surface area (Å²) in [6, 6.07) is 0. The van der Waals surface area contributed by atoms with Gasteiger partial charge in [-0.2, -0.15) is 0 Å². The van der Waals surface area contributed by atoms with Gasteiger partial charge >= 0.3 is 0 Å². The van der Waals surface area contributed by atoms with E-state index in [0.29, 0.717) is 17.0 Å². The molecule has 2 unspecified atom stereocenters. The van der Waals surface area contributed by atoms with Gasteiger partial charge in [-0.1, -0.05) is 18.3 Å². The van der Waals surface area contributed by atoms with Crippen LogP contribution >= 0.6 is 11.3 Å². The van der Waals surface area contributed by atoms with E-state index < -0.39 is 0 Å². The molecule has 1 aromatic heterocycles. The van der Waals surface area contributed by atoms with Crippen LogP contribution in [0.3, 0.4) is 0 Å². The van der Waals surface area contributed by atoms with Crippen molar-refractivity contribution in [3.05, 3.63) is 5.01 Å². The van der Waals surface area contributed by atoms with Gasteiger partial charge in [-0.25, -0.2) is 0 Å². The highest BCUT2D eigenvalue weighted by Gasteiger charge is 2.26. The van der Waals surface area contributed by atoms with Crippen LogP contribution in [0.15, 0.2) is 0 Å². The van der Waals surface area contributed by atoms with Gasteiger partial charge in [0.25, 0.3) is 0 Å². The van der Waals surface area contributed by atoms with Gasteiger partial charge < -0.3 is 10.5 Å². The lowest BCUT2D eigenvalue weighted by Crippen LogP contribution is -2.23. The third kappa shape index (κ3) is 1.81. The summed E-state index contributed by atoms with van der Waals surface area (Å²) in [5.41, 5.74) is 5.54. The monoisotopic (exact) mass is 199 g/mol. The third-order valence-corrected chi connectivity index (χ3v) is 3.30. The molecule has 72 valence electrons. The maximum absolute atomic E-state index is 5.54. The molecule has 1 aliphatic rings. The fourth-order valence-electron chi connectivity index (χ4n) is 1.64. The third-order valence-electron chi connectivity index (χ3n) is 2.41. The van der Waals surface area contributed by atoms with Gasteiger partial charge in [-0.3, -0.25) is 0 Å². The van der Waals surface area contributed by atoms with Crippen molar-refractivity contribution in [3.8, 4) is 0 Å². The maximum atomic E-state index is 5.54. The van der Waals surface area contributed by atoms with Crippen molar-refractivity contribution < 1.29 is 4.74 Å². The number of nitrogens with zero attached hydrogens (tertiary/aromatic N) is 2. The zero-order valence-electron chi connectivity index (χ0n) is 7.56. The first-order chi connectivity index (χ1) is 6.27. The number of nitrogens with two attached hydrogens (primary N) is 1. The summed E-state index contributed by atoms with van der Waals surface area (Å²) >= 11 is 1.50. The van der Waals surface area contributed by atoms with E-state index >= 15 is 0 Å². The van der Waals surface area contributed by atoms with Gasteiger partial charge in [-0.15, -0.1) is 10.2 Å². The van der Waals surface area contributed by atoms with Crippen molar-refractivity contribution in [1.29, 1.82) is 0 Å². The number of nitrogen functional groups attached to an aromatic ring is 1. The van der Waals surface area contributed by atoms with Crippen LogP contribution in [0.1, 0.15) is 24.3 Å². The maximum Gasteiger partial charge on any atom is 0.203 e. The summed E-state index contributed by atoms with van der Waals surface area (Å²) in [5.74, 6) is 1.02. The average molecular weight is 199 g/mol. The van der Waals surface area contributed by atoms with Crippen molar-refractivity contribution in [2.75, 3.05) is 18.9 Å². The number of hydrogen-bond donors (Lipinski definition) is 1. The molecule has 0 amide bonds. The first-order valence-corrected chi connectivity index (χ1v) is 5.25. The van der Waals surface area contributed by atoms with Crippen LogP contribution in [-0.2, 0) is 4.74 Å². The van der Waals surface area contributed by atoms with E-state index in [4.69, 9.17) is 10.5 Å². The molecule has 2 heterocycles. The Morgan fingerprint density at radius 2 is 2.38 bits per heavy atom. The van der Waals surface area contributed by atoms with Crippen molar-refractivity contribution in [2.45, 2.75) is 19.3 Å². The highest BCUT2D eigenvalue weighted by atomic mass is 32.1. The van der Waals surface area contributed by atoms with Gasteiger partial charge in [0.05, 0.1) is 0 Å². The van der Waals surface area contributed by atoms with Crippen molar-refractivity contribution >= 4 is 16.5 Å². The molecule has 1 saturated heterocycles. The van der Waals surface area contributed by atoms with E-state index in [9.17, 15) is 0 Å². The molecule has 0 aromatic carbocycles. The van der Waals surface area contributed by atoms with E-state index in [0.717, 1.165) is 24.6 Å². The molecule has 1 fully saturated rings.